The van der Waals surface area contributed by atoms with E-state index in [-0.39, 0.29) is 18.4 Å². The van der Waals surface area contributed by atoms with Gasteiger partial charge in [0.25, 0.3) is 0 Å². The Morgan fingerprint density at radius 1 is 1.43 bits per heavy atom. The summed E-state index contributed by atoms with van der Waals surface area (Å²) in [7, 11) is 1.35. The van der Waals surface area contributed by atoms with E-state index in [2.05, 4.69) is 15.0 Å². The number of nitrogens with zero attached hydrogens (tertiary/aromatic N) is 2. The molecule has 0 spiro atoms. The standard InChI is InChI=1S/C14H23N3O4/c1-10(16-13(19)21-14(2,3)4)11-8-15-9-17(11)7-6-12(18)20-5/h8-10H,6-7H2,1-5H3,(H,16,19)/t10-/m0/s1. The van der Waals surface area contributed by atoms with Gasteiger partial charge < -0.3 is 19.4 Å². The summed E-state index contributed by atoms with van der Waals surface area (Å²) in [5.41, 5.74) is 0.249. The number of nitrogens with one attached hydrogen (secondary N) is 1. The topological polar surface area (TPSA) is 82.5 Å². The molecule has 0 unspecified atom stereocenters. The van der Waals surface area contributed by atoms with Crippen molar-refractivity contribution in [1.29, 1.82) is 0 Å². The molecule has 0 aliphatic heterocycles. The molecule has 1 N–H and O–H groups in total. The lowest BCUT2D eigenvalue weighted by Crippen LogP contribution is -2.34. The SMILES string of the molecule is COC(=O)CCn1cncc1[C@H](C)NC(=O)OC(C)(C)C. The van der Waals surface area contributed by atoms with Gasteiger partial charge in [0.15, 0.2) is 0 Å². The van der Waals surface area contributed by atoms with Crippen molar-refractivity contribution in [2.75, 3.05) is 7.11 Å². The summed E-state index contributed by atoms with van der Waals surface area (Å²) in [5.74, 6) is -0.289. The number of methoxy groups -OCH3 is 1. The summed E-state index contributed by atoms with van der Waals surface area (Å²) in [5, 5.41) is 2.74. The van der Waals surface area contributed by atoms with Gasteiger partial charge in [-0.25, -0.2) is 9.78 Å². The van der Waals surface area contributed by atoms with E-state index in [1.165, 1.54) is 7.11 Å². The number of ether oxygens (including phenoxy) is 2. The molecule has 0 saturated carbocycles. The number of imidazole rings is 1. The molecule has 1 atom stereocenters. The number of carbonyl (C=O) groups excluding carboxylic acids is 2. The number of aromatic nitrogens is 2. The first-order valence-corrected chi connectivity index (χ1v) is 6.79. The lowest BCUT2D eigenvalue weighted by Gasteiger charge is -2.22. The first-order valence-electron chi connectivity index (χ1n) is 6.79. The third kappa shape index (κ3) is 5.85. The van der Waals surface area contributed by atoms with Crippen LogP contribution in [0.3, 0.4) is 0 Å². The molecule has 1 amide bonds. The van der Waals surface area contributed by atoms with Crippen LogP contribution in [0.2, 0.25) is 0 Å². The molecular formula is C14H23N3O4. The Hall–Kier alpha value is -2.05. The number of aryl methyl sites for hydroxylation is 1. The molecule has 118 valence electrons. The van der Waals surface area contributed by atoms with Crippen LogP contribution in [0.5, 0.6) is 0 Å². The van der Waals surface area contributed by atoms with E-state index in [1.807, 2.05) is 6.92 Å². The van der Waals surface area contributed by atoms with Crippen LogP contribution in [0, 0.1) is 0 Å². The summed E-state index contributed by atoms with van der Waals surface area (Å²) in [6.07, 6.45) is 3.03. The van der Waals surface area contributed by atoms with Crippen LogP contribution in [-0.2, 0) is 20.8 Å². The van der Waals surface area contributed by atoms with Crippen molar-refractivity contribution in [3.8, 4) is 0 Å². The molecular weight excluding hydrogens is 274 g/mol. The highest BCUT2D eigenvalue weighted by molar-refractivity contribution is 5.69. The van der Waals surface area contributed by atoms with E-state index in [9.17, 15) is 9.59 Å². The predicted molar refractivity (Wildman–Crippen MR) is 76.6 cm³/mol. The molecule has 7 nitrogen and oxygen atoms in total. The number of rotatable bonds is 5. The number of hydrogen-bond donors (Lipinski definition) is 1. The van der Waals surface area contributed by atoms with Crippen LogP contribution in [0.4, 0.5) is 4.79 Å². The molecule has 0 bridgehead atoms. The molecule has 0 radical (unpaired) electrons. The average Bonchev–Trinajstić information content (AvgIpc) is 2.81. The van der Waals surface area contributed by atoms with Gasteiger partial charge in [-0.3, -0.25) is 4.79 Å². The van der Waals surface area contributed by atoms with Crippen molar-refractivity contribution in [3.63, 3.8) is 0 Å². The van der Waals surface area contributed by atoms with Crippen LogP contribution in [0.15, 0.2) is 12.5 Å². The van der Waals surface area contributed by atoms with Gasteiger partial charge in [-0.15, -0.1) is 0 Å². The maximum absolute atomic E-state index is 11.8. The molecule has 0 aliphatic carbocycles. The van der Waals surface area contributed by atoms with Crippen LogP contribution >= 0.6 is 0 Å². The van der Waals surface area contributed by atoms with Crippen molar-refractivity contribution < 1.29 is 19.1 Å². The summed E-state index contributed by atoms with van der Waals surface area (Å²) in [4.78, 5) is 27.0. The minimum Gasteiger partial charge on any atom is -0.469 e. The molecule has 1 aromatic heterocycles. The van der Waals surface area contributed by atoms with Gasteiger partial charge in [-0.2, -0.15) is 0 Å². The normalized spacial score (nSPS) is 12.6. The zero-order valence-corrected chi connectivity index (χ0v) is 13.2. The molecule has 21 heavy (non-hydrogen) atoms. The van der Waals surface area contributed by atoms with Crippen molar-refractivity contribution in [1.82, 2.24) is 14.9 Å². The number of carbonyl (C=O) groups is 2. The van der Waals surface area contributed by atoms with Crippen molar-refractivity contribution in [2.24, 2.45) is 0 Å². The molecule has 0 saturated heterocycles. The van der Waals surface area contributed by atoms with Gasteiger partial charge in [-0.05, 0) is 27.7 Å². The van der Waals surface area contributed by atoms with Crippen LogP contribution < -0.4 is 5.32 Å². The fraction of sp³-hybridized carbons (Fsp3) is 0.643. The molecule has 1 aromatic rings. The Labute approximate surface area is 124 Å². The van der Waals surface area contributed by atoms with Gasteiger partial charge in [0.2, 0.25) is 0 Å². The summed E-state index contributed by atoms with van der Waals surface area (Å²) < 4.78 is 11.6. The summed E-state index contributed by atoms with van der Waals surface area (Å²) in [6.45, 7) is 7.69. The largest absolute Gasteiger partial charge is 0.469 e. The van der Waals surface area contributed by atoms with E-state index in [1.54, 1.807) is 37.9 Å². The number of amides is 1. The molecule has 0 fully saturated rings. The smallest absolute Gasteiger partial charge is 0.408 e. The highest BCUT2D eigenvalue weighted by Gasteiger charge is 2.20. The van der Waals surface area contributed by atoms with Gasteiger partial charge in [-0.1, -0.05) is 0 Å². The number of hydrogen-bond acceptors (Lipinski definition) is 5. The maximum atomic E-state index is 11.8. The van der Waals surface area contributed by atoms with Crippen molar-refractivity contribution >= 4 is 12.1 Å². The quantitative estimate of drug-likeness (QED) is 0.841. The molecule has 0 aromatic carbocycles. The second-order valence-corrected chi connectivity index (χ2v) is 5.71. The third-order valence-corrected chi connectivity index (χ3v) is 2.71. The molecule has 0 aliphatic rings. The highest BCUT2D eigenvalue weighted by Crippen LogP contribution is 2.14. The summed E-state index contributed by atoms with van der Waals surface area (Å²) >= 11 is 0. The highest BCUT2D eigenvalue weighted by atomic mass is 16.6. The fourth-order valence-electron chi connectivity index (χ4n) is 1.75. The van der Waals surface area contributed by atoms with Crippen LogP contribution in [0.25, 0.3) is 0 Å². The van der Waals surface area contributed by atoms with E-state index >= 15 is 0 Å². The first-order chi connectivity index (χ1) is 9.73. The first kappa shape index (κ1) is 17.0. The van der Waals surface area contributed by atoms with E-state index in [0.29, 0.717) is 6.54 Å². The van der Waals surface area contributed by atoms with E-state index in [4.69, 9.17) is 4.74 Å². The van der Waals surface area contributed by atoms with Gasteiger partial charge in [0.05, 0.1) is 37.8 Å². The zero-order chi connectivity index (χ0) is 16.0. The second-order valence-electron chi connectivity index (χ2n) is 5.71. The zero-order valence-electron chi connectivity index (χ0n) is 13.2. The molecule has 1 rings (SSSR count). The van der Waals surface area contributed by atoms with Gasteiger partial charge in [0, 0.05) is 6.54 Å². The van der Waals surface area contributed by atoms with Crippen LogP contribution in [-0.4, -0.2) is 34.3 Å². The van der Waals surface area contributed by atoms with Gasteiger partial charge in [0.1, 0.15) is 5.60 Å². The number of alkyl carbamates (subject to hydrolysis) is 1. The van der Waals surface area contributed by atoms with Crippen LogP contribution in [0.1, 0.15) is 45.9 Å². The Morgan fingerprint density at radius 2 is 2.10 bits per heavy atom. The van der Waals surface area contributed by atoms with Gasteiger partial charge >= 0.3 is 12.1 Å². The van der Waals surface area contributed by atoms with Crippen molar-refractivity contribution in [3.05, 3.63) is 18.2 Å². The van der Waals surface area contributed by atoms with Crippen molar-refractivity contribution in [2.45, 2.75) is 52.3 Å². The Kier molecular flexibility index (Phi) is 5.75. The monoisotopic (exact) mass is 297 g/mol. The fourth-order valence-corrected chi connectivity index (χ4v) is 1.75. The summed E-state index contributed by atoms with van der Waals surface area (Å²) in [6, 6.07) is -0.278. The average molecular weight is 297 g/mol. The lowest BCUT2D eigenvalue weighted by atomic mass is 10.2. The lowest BCUT2D eigenvalue weighted by molar-refractivity contribution is -0.140. The van der Waals surface area contributed by atoms with E-state index < -0.39 is 11.7 Å². The molecule has 1 heterocycles. The Morgan fingerprint density at radius 3 is 2.67 bits per heavy atom. The maximum Gasteiger partial charge on any atom is 0.408 e. The Balaban J connectivity index is 2.62. The minimum absolute atomic E-state index is 0.249. The third-order valence-electron chi connectivity index (χ3n) is 2.71. The Bertz CT molecular complexity index is 491. The minimum atomic E-state index is -0.547. The number of esters is 1. The second kappa shape index (κ2) is 7.10. The van der Waals surface area contributed by atoms with E-state index in [0.717, 1.165) is 5.69 Å². The predicted octanol–water partition coefficient (Wildman–Crippen LogP) is 2.03. The molecule has 7 heteroatoms.